The zero-order chi connectivity index (χ0) is 30.0. The van der Waals surface area contributed by atoms with Crippen LogP contribution in [0.4, 0.5) is 0 Å². The standard InChI is InChI=1S/C18H15NO3.C17H13NO3/c1-21-18(20)17(13-6-3-2-4-7-13)22-15-9-10-16-14(12-15)8-5-11-19-16;19-17(20)16(12-5-2-1-3-6-12)21-14-8-9-15-13(11-14)7-4-10-18-15/h2-12,17H,1H3;1-11,16H,(H,19,20). The van der Waals surface area contributed by atoms with Crippen molar-refractivity contribution in [1.82, 2.24) is 9.97 Å². The first kappa shape index (κ1) is 28.8. The van der Waals surface area contributed by atoms with E-state index in [1.807, 2.05) is 78.9 Å². The van der Waals surface area contributed by atoms with Crippen LogP contribution >= 0.6 is 0 Å². The van der Waals surface area contributed by atoms with Crippen molar-refractivity contribution in [2.75, 3.05) is 7.11 Å². The molecule has 0 spiro atoms. The summed E-state index contributed by atoms with van der Waals surface area (Å²) in [5.74, 6) is -0.350. The number of carboxylic acids is 1. The highest BCUT2D eigenvalue weighted by atomic mass is 16.6. The van der Waals surface area contributed by atoms with Crippen LogP contribution in [0.25, 0.3) is 21.8 Å². The number of hydrogen-bond acceptors (Lipinski definition) is 7. The van der Waals surface area contributed by atoms with Crippen molar-refractivity contribution in [3.8, 4) is 11.5 Å². The van der Waals surface area contributed by atoms with Gasteiger partial charge in [-0.25, -0.2) is 9.59 Å². The van der Waals surface area contributed by atoms with Gasteiger partial charge in [-0.3, -0.25) is 9.97 Å². The molecule has 214 valence electrons. The highest BCUT2D eigenvalue weighted by Gasteiger charge is 2.24. The Labute approximate surface area is 248 Å². The lowest BCUT2D eigenvalue weighted by atomic mass is 10.1. The summed E-state index contributed by atoms with van der Waals surface area (Å²) in [6.07, 6.45) is 1.64. The molecule has 0 aliphatic rings. The minimum absolute atomic E-state index is 0.433. The Morgan fingerprint density at radius 1 is 0.605 bits per heavy atom. The van der Waals surface area contributed by atoms with Crippen LogP contribution in [-0.2, 0) is 14.3 Å². The van der Waals surface area contributed by atoms with Crippen molar-refractivity contribution in [2.45, 2.75) is 12.2 Å². The normalized spacial score (nSPS) is 11.9. The number of carbonyl (C=O) groups is 2. The molecule has 0 aliphatic heterocycles. The largest absolute Gasteiger partial charge is 0.478 e. The van der Waals surface area contributed by atoms with Crippen LogP contribution in [0.15, 0.2) is 134 Å². The van der Waals surface area contributed by atoms with E-state index in [1.165, 1.54) is 7.11 Å². The fourth-order valence-electron chi connectivity index (χ4n) is 4.40. The number of carboxylic acid groups (broad SMARTS) is 1. The molecule has 4 aromatic carbocycles. The van der Waals surface area contributed by atoms with E-state index in [2.05, 4.69) is 9.97 Å². The molecule has 8 nitrogen and oxygen atoms in total. The Balaban J connectivity index is 0.000000171. The zero-order valence-corrected chi connectivity index (χ0v) is 23.2. The van der Waals surface area contributed by atoms with Crippen LogP contribution in [0.2, 0.25) is 0 Å². The van der Waals surface area contributed by atoms with Crippen LogP contribution in [0, 0.1) is 0 Å². The van der Waals surface area contributed by atoms with Gasteiger partial charge in [0.15, 0.2) is 0 Å². The fraction of sp³-hybridized carbons (Fsp3) is 0.0857. The molecule has 43 heavy (non-hydrogen) atoms. The Morgan fingerprint density at radius 3 is 1.53 bits per heavy atom. The zero-order valence-electron chi connectivity index (χ0n) is 23.2. The summed E-state index contributed by atoms with van der Waals surface area (Å²) >= 11 is 0. The van der Waals surface area contributed by atoms with Crippen molar-refractivity contribution in [1.29, 1.82) is 0 Å². The van der Waals surface area contributed by atoms with Gasteiger partial charge in [0.1, 0.15) is 11.5 Å². The number of methoxy groups -OCH3 is 1. The lowest BCUT2D eigenvalue weighted by molar-refractivity contribution is -0.149. The van der Waals surface area contributed by atoms with E-state index in [-0.39, 0.29) is 0 Å². The average Bonchev–Trinajstić information content (AvgIpc) is 3.06. The molecule has 0 radical (unpaired) electrons. The van der Waals surface area contributed by atoms with Crippen molar-refractivity contribution in [3.63, 3.8) is 0 Å². The van der Waals surface area contributed by atoms with Gasteiger partial charge in [0.2, 0.25) is 12.2 Å². The van der Waals surface area contributed by atoms with Crippen molar-refractivity contribution >= 4 is 33.7 Å². The molecule has 0 amide bonds. The minimum Gasteiger partial charge on any atom is -0.478 e. The van der Waals surface area contributed by atoms with E-state index in [0.717, 1.165) is 27.4 Å². The monoisotopic (exact) mass is 572 g/mol. The smallest absolute Gasteiger partial charge is 0.351 e. The van der Waals surface area contributed by atoms with Crippen molar-refractivity contribution in [3.05, 3.63) is 145 Å². The minimum atomic E-state index is -1.03. The van der Waals surface area contributed by atoms with E-state index in [9.17, 15) is 14.7 Å². The predicted octanol–water partition coefficient (Wildman–Crippen LogP) is 6.97. The van der Waals surface area contributed by atoms with Gasteiger partial charge in [-0.1, -0.05) is 72.8 Å². The Hall–Kier alpha value is -5.76. The summed E-state index contributed by atoms with van der Waals surface area (Å²) in [7, 11) is 1.35. The van der Waals surface area contributed by atoms with E-state index in [1.54, 1.807) is 54.9 Å². The van der Waals surface area contributed by atoms with Gasteiger partial charge in [0.05, 0.1) is 18.1 Å². The van der Waals surface area contributed by atoms with E-state index < -0.39 is 24.1 Å². The number of hydrogen-bond donors (Lipinski definition) is 1. The first-order valence-electron chi connectivity index (χ1n) is 13.5. The SMILES string of the molecule is COC(=O)C(Oc1ccc2ncccc2c1)c1ccccc1.O=C(O)C(Oc1ccc2ncccc2c1)c1ccccc1. The number of benzene rings is 4. The molecule has 0 aliphatic carbocycles. The lowest BCUT2D eigenvalue weighted by Gasteiger charge is -2.17. The Bertz CT molecular complexity index is 1830. The molecular weight excluding hydrogens is 544 g/mol. The molecule has 2 heterocycles. The van der Waals surface area contributed by atoms with E-state index >= 15 is 0 Å². The summed E-state index contributed by atoms with van der Waals surface area (Å²) in [6.45, 7) is 0. The number of aliphatic carboxylic acids is 1. The summed E-state index contributed by atoms with van der Waals surface area (Å²) in [4.78, 5) is 31.9. The molecule has 6 aromatic rings. The molecule has 6 rings (SSSR count). The molecule has 2 aromatic heterocycles. The molecular formula is C35H28N2O6. The van der Waals surface area contributed by atoms with Gasteiger partial charge in [0.25, 0.3) is 0 Å². The fourth-order valence-corrected chi connectivity index (χ4v) is 4.40. The lowest BCUT2D eigenvalue weighted by Crippen LogP contribution is -2.20. The maximum atomic E-state index is 12.0. The quantitative estimate of drug-likeness (QED) is 0.195. The number of aromatic nitrogens is 2. The number of pyridine rings is 2. The molecule has 0 bridgehead atoms. The van der Waals surface area contributed by atoms with Crippen molar-refractivity contribution < 1.29 is 28.9 Å². The van der Waals surface area contributed by atoms with Gasteiger partial charge in [0, 0.05) is 34.3 Å². The van der Waals surface area contributed by atoms with Crippen LogP contribution in [0.1, 0.15) is 23.3 Å². The molecule has 2 unspecified atom stereocenters. The number of nitrogens with zero attached hydrogens (tertiary/aromatic N) is 2. The Morgan fingerprint density at radius 2 is 1.07 bits per heavy atom. The highest BCUT2D eigenvalue weighted by molar-refractivity contribution is 5.81. The summed E-state index contributed by atoms with van der Waals surface area (Å²) in [5, 5.41) is 11.2. The van der Waals surface area contributed by atoms with Crippen LogP contribution in [-0.4, -0.2) is 34.1 Å². The number of ether oxygens (including phenoxy) is 3. The molecule has 2 atom stereocenters. The van der Waals surface area contributed by atoms with Gasteiger partial charge in [-0.05, 0) is 48.5 Å². The third-order valence-corrected chi connectivity index (χ3v) is 6.50. The van der Waals surface area contributed by atoms with E-state index in [4.69, 9.17) is 14.2 Å². The molecule has 1 N–H and O–H groups in total. The van der Waals surface area contributed by atoms with Gasteiger partial charge < -0.3 is 19.3 Å². The third-order valence-electron chi connectivity index (χ3n) is 6.50. The molecule has 8 heteroatoms. The first-order chi connectivity index (χ1) is 21.0. The summed E-state index contributed by atoms with van der Waals surface area (Å²) in [5.41, 5.74) is 3.08. The number of rotatable bonds is 8. The third kappa shape index (κ3) is 7.31. The molecule has 0 saturated carbocycles. The average molecular weight is 573 g/mol. The topological polar surface area (TPSA) is 108 Å². The summed E-state index contributed by atoms with van der Waals surface area (Å²) < 4.78 is 16.4. The number of carbonyl (C=O) groups excluding carboxylic acids is 1. The second-order valence-corrected chi connectivity index (χ2v) is 9.39. The second-order valence-electron chi connectivity index (χ2n) is 9.39. The van der Waals surface area contributed by atoms with Gasteiger partial charge in [-0.15, -0.1) is 0 Å². The highest BCUT2D eigenvalue weighted by Crippen LogP contribution is 2.27. The van der Waals surface area contributed by atoms with Crippen LogP contribution < -0.4 is 9.47 Å². The van der Waals surface area contributed by atoms with Crippen molar-refractivity contribution in [2.24, 2.45) is 0 Å². The molecule has 0 saturated heterocycles. The van der Waals surface area contributed by atoms with Gasteiger partial charge >= 0.3 is 11.9 Å². The maximum Gasteiger partial charge on any atom is 0.351 e. The van der Waals surface area contributed by atoms with Gasteiger partial charge in [-0.2, -0.15) is 0 Å². The van der Waals surface area contributed by atoms with Crippen LogP contribution in [0.5, 0.6) is 11.5 Å². The van der Waals surface area contributed by atoms with Crippen LogP contribution in [0.3, 0.4) is 0 Å². The predicted molar refractivity (Wildman–Crippen MR) is 163 cm³/mol. The second kappa shape index (κ2) is 13.7. The Kier molecular flexibility index (Phi) is 9.19. The first-order valence-corrected chi connectivity index (χ1v) is 13.5. The number of esters is 1. The number of fused-ring (bicyclic) bond motifs is 2. The maximum absolute atomic E-state index is 12.0. The summed E-state index contributed by atoms with van der Waals surface area (Å²) in [6, 6.07) is 36.6. The molecule has 0 fully saturated rings. The van der Waals surface area contributed by atoms with E-state index in [0.29, 0.717) is 17.1 Å².